The van der Waals surface area contributed by atoms with Gasteiger partial charge < -0.3 is 10.1 Å². The molecule has 1 spiro atoms. The van der Waals surface area contributed by atoms with Gasteiger partial charge in [-0.3, -0.25) is 0 Å². The van der Waals surface area contributed by atoms with Gasteiger partial charge in [-0.25, -0.2) is 0 Å². The first-order valence-corrected chi connectivity index (χ1v) is 7.31. The summed E-state index contributed by atoms with van der Waals surface area (Å²) in [5, 5.41) is 3.64. The van der Waals surface area contributed by atoms with E-state index in [-0.39, 0.29) is 5.60 Å². The summed E-state index contributed by atoms with van der Waals surface area (Å²) in [6.07, 6.45) is 9.66. The third-order valence-corrected chi connectivity index (χ3v) is 4.73. The number of hydrogen-bond donors (Lipinski definition) is 1. The van der Waals surface area contributed by atoms with Crippen LogP contribution in [0.25, 0.3) is 0 Å². The molecule has 0 aromatic carbocycles. The number of thioether (sulfide) groups is 1. The Hall–Kier alpha value is -0.170. The second-order valence-electron chi connectivity index (χ2n) is 5.00. The van der Waals surface area contributed by atoms with Crippen LogP contribution in [0.2, 0.25) is 0 Å². The van der Waals surface area contributed by atoms with Crippen LogP contribution >= 0.6 is 11.8 Å². The minimum Gasteiger partial charge on any atom is -0.374 e. The molecule has 0 radical (unpaired) electrons. The Morgan fingerprint density at radius 3 is 3.25 bits per heavy atom. The third kappa shape index (κ3) is 2.94. The van der Waals surface area contributed by atoms with Crippen molar-refractivity contribution in [1.29, 1.82) is 0 Å². The molecule has 3 unspecified atom stereocenters. The van der Waals surface area contributed by atoms with Crippen LogP contribution in [0.1, 0.15) is 32.6 Å². The van der Waals surface area contributed by atoms with Gasteiger partial charge in [0.05, 0.1) is 5.60 Å². The Morgan fingerprint density at radius 1 is 1.69 bits per heavy atom. The van der Waals surface area contributed by atoms with Gasteiger partial charge in [-0.1, -0.05) is 0 Å². The van der Waals surface area contributed by atoms with Crippen molar-refractivity contribution in [3.63, 3.8) is 0 Å². The molecule has 0 bridgehead atoms. The number of terminal acetylenes is 1. The molecule has 0 saturated carbocycles. The number of ether oxygens (including phenoxy) is 1. The second kappa shape index (κ2) is 5.44. The van der Waals surface area contributed by atoms with Gasteiger partial charge in [0.15, 0.2) is 0 Å². The molecule has 2 saturated heterocycles. The normalized spacial score (nSPS) is 36.1. The molecule has 0 aromatic heterocycles. The molecule has 3 atom stereocenters. The molecule has 3 heteroatoms. The van der Waals surface area contributed by atoms with E-state index in [1.165, 1.54) is 17.9 Å². The fourth-order valence-electron chi connectivity index (χ4n) is 2.67. The molecular weight excluding hydrogens is 218 g/mol. The molecule has 0 amide bonds. The van der Waals surface area contributed by atoms with E-state index < -0.39 is 0 Å². The van der Waals surface area contributed by atoms with E-state index in [0.717, 1.165) is 25.9 Å². The summed E-state index contributed by atoms with van der Waals surface area (Å²) in [4.78, 5) is 0. The van der Waals surface area contributed by atoms with Crippen molar-refractivity contribution in [3.8, 4) is 12.3 Å². The van der Waals surface area contributed by atoms with E-state index in [1.807, 2.05) is 11.8 Å². The van der Waals surface area contributed by atoms with Crippen LogP contribution < -0.4 is 5.32 Å². The Kier molecular flexibility index (Phi) is 4.18. The number of rotatable bonds is 3. The molecule has 2 rings (SSSR count). The average molecular weight is 239 g/mol. The first-order chi connectivity index (χ1) is 7.74. The van der Waals surface area contributed by atoms with Gasteiger partial charge in [-0.15, -0.1) is 12.3 Å². The summed E-state index contributed by atoms with van der Waals surface area (Å²) in [7, 11) is 0. The minimum atomic E-state index is 0.177. The lowest BCUT2D eigenvalue weighted by atomic mass is 9.89. The largest absolute Gasteiger partial charge is 0.374 e. The summed E-state index contributed by atoms with van der Waals surface area (Å²) in [5.41, 5.74) is 0.177. The highest BCUT2D eigenvalue weighted by molar-refractivity contribution is 7.99. The van der Waals surface area contributed by atoms with Crippen LogP contribution in [0, 0.1) is 12.3 Å². The first-order valence-electron chi connectivity index (χ1n) is 6.15. The molecule has 2 nitrogen and oxygen atoms in total. The van der Waals surface area contributed by atoms with Crippen molar-refractivity contribution < 1.29 is 4.74 Å². The maximum atomic E-state index is 6.00. The van der Waals surface area contributed by atoms with E-state index in [2.05, 4.69) is 18.2 Å². The van der Waals surface area contributed by atoms with Crippen LogP contribution in [-0.4, -0.2) is 35.8 Å². The molecule has 16 heavy (non-hydrogen) atoms. The van der Waals surface area contributed by atoms with Crippen LogP contribution in [0.15, 0.2) is 0 Å². The van der Waals surface area contributed by atoms with Gasteiger partial charge in [0.2, 0.25) is 0 Å². The Labute approximate surface area is 103 Å². The van der Waals surface area contributed by atoms with Crippen molar-refractivity contribution in [1.82, 2.24) is 5.32 Å². The van der Waals surface area contributed by atoms with Crippen molar-refractivity contribution in [2.75, 3.05) is 18.1 Å². The Balaban J connectivity index is 1.85. The zero-order valence-electron chi connectivity index (χ0n) is 10.00. The molecule has 2 fully saturated rings. The van der Waals surface area contributed by atoms with Crippen molar-refractivity contribution in [3.05, 3.63) is 0 Å². The molecule has 1 N–H and O–H groups in total. The first kappa shape index (κ1) is 12.3. The highest BCUT2D eigenvalue weighted by Crippen LogP contribution is 2.38. The Bertz CT molecular complexity index is 268. The lowest BCUT2D eigenvalue weighted by molar-refractivity contribution is -0.0710. The zero-order chi connectivity index (χ0) is 11.4. The van der Waals surface area contributed by atoms with Gasteiger partial charge in [-0.2, -0.15) is 11.8 Å². The van der Waals surface area contributed by atoms with Gasteiger partial charge in [0, 0.05) is 30.9 Å². The van der Waals surface area contributed by atoms with Gasteiger partial charge >= 0.3 is 0 Å². The van der Waals surface area contributed by atoms with Gasteiger partial charge in [0.25, 0.3) is 0 Å². The molecule has 90 valence electrons. The lowest BCUT2D eigenvalue weighted by Gasteiger charge is -2.39. The summed E-state index contributed by atoms with van der Waals surface area (Å²) >= 11 is 2.03. The summed E-state index contributed by atoms with van der Waals surface area (Å²) in [6, 6.07) is 1.02. The summed E-state index contributed by atoms with van der Waals surface area (Å²) in [6.45, 7) is 3.08. The lowest BCUT2D eigenvalue weighted by Crippen LogP contribution is -2.49. The quantitative estimate of drug-likeness (QED) is 0.762. The maximum Gasteiger partial charge on any atom is 0.0795 e. The maximum absolute atomic E-state index is 6.00. The number of hydrogen-bond acceptors (Lipinski definition) is 3. The SMILES string of the molecule is C#CCC(C)NC1CCOC2(CCSC2)C1. The smallest absolute Gasteiger partial charge is 0.0795 e. The van der Waals surface area contributed by atoms with E-state index in [4.69, 9.17) is 11.2 Å². The van der Waals surface area contributed by atoms with E-state index in [9.17, 15) is 0 Å². The fourth-order valence-corrected chi connectivity index (χ4v) is 4.05. The van der Waals surface area contributed by atoms with Crippen molar-refractivity contribution in [2.24, 2.45) is 0 Å². The minimum absolute atomic E-state index is 0.177. The molecule has 0 aromatic rings. The van der Waals surface area contributed by atoms with Gasteiger partial charge in [0.1, 0.15) is 0 Å². The molecular formula is C13H21NOS. The third-order valence-electron chi connectivity index (χ3n) is 3.50. The van der Waals surface area contributed by atoms with Crippen LogP contribution in [0.4, 0.5) is 0 Å². The molecule has 2 heterocycles. The zero-order valence-corrected chi connectivity index (χ0v) is 10.8. The van der Waals surface area contributed by atoms with Crippen LogP contribution in [-0.2, 0) is 4.74 Å². The number of nitrogens with one attached hydrogen (secondary N) is 1. The van der Waals surface area contributed by atoms with Crippen LogP contribution in [0.3, 0.4) is 0 Å². The van der Waals surface area contributed by atoms with E-state index in [0.29, 0.717) is 12.1 Å². The van der Waals surface area contributed by atoms with E-state index in [1.54, 1.807) is 0 Å². The predicted molar refractivity (Wildman–Crippen MR) is 69.7 cm³/mol. The van der Waals surface area contributed by atoms with Crippen LogP contribution in [0.5, 0.6) is 0 Å². The van der Waals surface area contributed by atoms with E-state index >= 15 is 0 Å². The van der Waals surface area contributed by atoms with Crippen molar-refractivity contribution in [2.45, 2.75) is 50.3 Å². The highest BCUT2D eigenvalue weighted by Gasteiger charge is 2.40. The monoisotopic (exact) mass is 239 g/mol. The average Bonchev–Trinajstić information content (AvgIpc) is 2.66. The fraction of sp³-hybridized carbons (Fsp3) is 0.846. The highest BCUT2D eigenvalue weighted by atomic mass is 32.2. The molecule has 0 aliphatic carbocycles. The Morgan fingerprint density at radius 2 is 2.56 bits per heavy atom. The molecule has 2 aliphatic heterocycles. The second-order valence-corrected chi connectivity index (χ2v) is 6.10. The van der Waals surface area contributed by atoms with Gasteiger partial charge in [-0.05, 0) is 31.9 Å². The summed E-state index contributed by atoms with van der Waals surface area (Å²) < 4.78 is 6.00. The van der Waals surface area contributed by atoms with Crippen molar-refractivity contribution >= 4 is 11.8 Å². The standard InChI is InChI=1S/C13H21NOS/c1-3-4-11(2)14-12-5-7-15-13(9-12)6-8-16-10-13/h1,11-12,14H,4-10H2,2H3. The summed E-state index contributed by atoms with van der Waals surface area (Å²) in [5.74, 6) is 5.15. The topological polar surface area (TPSA) is 21.3 Å². The molecule has 2 aliphatic rings. The predicted octanol–water partition coefficient (Wildman–Crippen LogP) is 2.04.